The van der Waals surface area contributed by atoms with Crippen molar-refractivity contribution < 1.29 is 10.2 Å². The summed E-state index contributed by atoms with van der Waals surface area (Å²) < 4.78 is 0. The molecule has 2 rings (SSSR count). The molecule has 0 spiro atoms. The smallest absolute Gasteiger partial charge is 0.156 e. The molecule has 0 radical (unpaired) electrons. The lowest BCUT2D eigenvalue weighted by molar-refractivity contribution is 0.0166. The SMILES string of the molecule is CC1(O)CCC(c2[nH]ncc2O)CC1. The van der Waals surface area contributed by atoms with Crippen LogP contribution in [0.4, 0.5) is 0 Å². The van der Waals surface area contributed by atoms with E-state index in [1.165, 1.54) is 6.20 Å². The molecule has 1 aromatic heterocycles. The minimum atomic E-state index is -0.522. The minimum Gasteiger partial charge on any atom is -0.504 e. The Bertz CT molecular complexity index is 310. The van der Waals surface area contributed by atoms with Gasteiger partial charge in [-0.3, -0.25) is 5.10 Å². The van der Waals surface area contributed by atoms with E-state index in [1.807, 2.05) is 6.92 Å². The van der Waals surface area contributed by atoms with Gasteiger partial charge in [0.2, 0.25) is 0 Å². The summed E-state index contributed by atoms with van der Waals surface area (Å²) in [6.45, 7) is 1.87. The van der Waals surface area contributed by atoms with Gasteiger partial charge in [0.25, 0.3) is 0 Å². The van der Waals surface area contributed by atoms with Crippen molar-refractivity contribution in [2.75, 3.05) is 0 Å². The molecule has 1 aliphatic carbocycles. The predicted octanol–water partition coefficient (Wildman–Crippen LogP) is 1.52. The van der Waals surface area contributed by atoms with Crippen molar-refractivity contribution in [2.45, 2.75) is 44.1 Å². The average Bonchev–Trinajstić information content (AvgIpc) is 2.52. The first-order valence-corrected chi connectivity index (χ1v) is 5.03. The highest BCUT2D eigenvalue weighted by atomic mass is 16.3. The van der Waals surface area contributed by atoms with Crippen molar-refractivity contribution in [2.24, 2.45) is 0 Å². The molecule has 4 nitrogen and oxygen atoms in total. The summed E-state index contributed by atoms with van der Waals surface area (Å²) >= 11 is 0. The molecule has 0 bridgehead atoms. The normalized spacial score (nSPS) is 33.1. The molecule has 0 aromatic carbocycles. The highest BCUT2D eigenvalue weighted by molar-refractivity contribution is 5.26. The number of hydrogen-bond acceptors (Lipinski definition) is 3. The number of H-pyrrole nitrogens is 1. The standard InChI is InChI=1S/C10H16N2O2/c1-10(14)4-2-7(3-5-10)9-8(13)6-11-12-9/h6-7,13-14H,2-5H2,1H3,(H,11,12). The second kappa shape index (κ2) is 3.28. The molecule has 0 aliphatic heterocycles. The molecule has 0 amide bonds. The number of hydrogen-bond donors (Lipinski definition) is 3. The van der Waals surface area contributed by atoms with Crippen molar-refractivity contribution >= 4 is 0 Å². The molecular weight excluding hydrogens is 180 g/mol. The van der Waals surface area contributed by atoms with E-state index in [0.717, 1.165) is 31.4 Å². The Hall–Kier alpha value is -1.03. The Kier molecular flexibility index (Phi) is 2.23. The molecule has 0 unspecified atom stereocenters. The molecule has 1 saturated carbocycles. The van der Waals surface area contributed by atoms with Crippen molar-refractivity contribution in [3.8, 4) is 5.75 Å². The van der Waals surface area contributed by atoms with Crippen LogP contribution < -0.4 is 0 Å². The van der Waals surface area contributed by atoms with Gasteiger partial charge in [0, 0.05) is 5.92 Å². The van der Waals surface area contributed by atoms with Crippen LogP contribution in [0.25, 0.3) is 0 Å². The third kappa shape index (κ3) is 1.75. The van der Waals surface area contributed by atoms with E-state index < -0.39 is 5.60 Å². The van der Waals surface area contributed by atoms with Crippen molar-refractivity contribution in [3.05, 3.63) is 11.9 Å². The Balaban J connectivity index is 2.06. The summed E-state index contributed by atoms with van der Waals surface area (Å²) in [5.41, 5.74) is 0.298. The Morgan fingerprint density at radius 2 is 2.14 bits per heavy atom. The monoisotopic (exact) mass is 196 g/mol. The number of nitrogens with zero attached hydrogens (tertiary/aromatic N) is 1. The highest BCUT2D eigenvalue weighted by Crippen LogP contribution is 2.39. The van der Waals surface area contributed by atoms with E-state index in [1.54, 1.807) is 0 Å². The van der Waals surface area contributed by atoms with Crippen molar-refractivity contribution in [3.63, 3.8) is 0 Å². The largest absolute Gasteiger partial charge is 0.504 e. The zero-order chi connectivity index (χ0) is 10.2. The zero-order valence-electron chi connectivity index (χ0n) is 8.32. The van der Waals surface area contributed by atoms with Gasteiger partial charge in [-0.2, -0.15) is 5.10 Å². The maximum Gasteiger partial charge on any atom is 0.156 e. The Labute approximate surface area is 83.0 Å². The van der Waals surface area contributed by atoms with Gasteiger partial charge in [-0.25, -0.2) is 0 Å². The summed E-state index contributed by atoms with van der Waals surface area (Å²) in [6, 6.07) is 0. The molecule has 4 heteroatoms. The van der Waals surface area contributed by atoms with E-state index in [4.69, 9.17) is 0 Å². The molecule has 3 N–H and O–H groups in total. The fourth-order valence-electron chi connectivity index (χ4n) is 2.12. The molecule has 14 heavy (non-hydrogen) atoms. The van der Waals surface area contributed by atoms with E-state index in [-0.39, 0.29) is 5.75 Å². The van der Waals surface area contributed by atoms with Gasteiger partial charge in [0.15, 0.2) is 5.75 Å². The van der Waals surface area contributed by atoms with E-state index in [2.05, 4.69) is 10.2 Å². The lowest BCUT2D eigenvalue weighted by Crippen LogP contribution is -2.29. The summed E-state index contributed by atoms with van der Waals surface area (Å²) in [4.78, 5) is 0. The number of nitrogens with one attached hydrogen (secondary N) is 1. The van der Waals surface area contributed by atoms with Gasteiger partial charge in [0.05, 0.1) is 17.5 Å². The number of aromatic amines is 1. The number of aromatic nitrogens is 2. The molecular formula is C10H16N2O2. The molecule has 1 fully saturated rings. The zero-order valence-corrected chi connectivity index (χ0v) is 8.32. The number of aliphatic hydroxyl groups is 1. The van der Waals surface area contributed by atoms with E-state index in [0.29, 0.717) is 5.92 Å². The van der Waals surface area contributed by atoms with Crippen molar-refractivity contribution in [1.29, 1.82) is 0 Å². The van der Waals surface area contributed by atoms with Crippen LogP contribution in [-0.4, -0.2) is 26.0 Å². The van der Waals surface area contributed by atoms with Gasteiger partial charge in [0.1, 0.15) is 0 Å². The fraction of sp³-hybridized carbons (Fsp3) is 0.700. The van der Waals surface area contributed by atoms with Crippen LogP contribution in [0.1, 0.15) is 44.2 Å². The van der Waals surface area contributed by atoms with Gasteiger partial charge in [-0.1, -0.05) is 0 Å². The first-order valence-electron chi connectivity index (χ1n) is 5.03. The molecule has 78 valence electrons. The number of aromatic hydroxyl groups is 1. The van der Waals surface area contributed by atoms with Crippen LogP contribution in [-0.2, 0) is 0 Å². The van der Waals surface area contributed by atoms with Crippen LogP contribution in [0.5, 0.6) is 5.75 Å². The van der Waals surface area contributed by atoms with Gasteiger partial charge in [-0.05, 0) is 32.6 Å². The van der Waals surface area contributed by atoms with Crippen LogP contribution in [0.15, 0.2) is 6.20 Å². The molecule has 0 saturated heterocycles. The van der Waals surface area contributed by atoms with E-state index in [9.17, 15) is 10.2 Å². The topological polar surface area (TPSA) is 69.1 Å². The predicted molar refractivity (Wildman–Crippen MR) is 52.1 cm³/mol. The second-order valence-corrected chi connectivity index (χ2v) is 4.44. The lowest BCUT2D eigenvalue weighted by atomic mass is 9.78. The maximum absolute atomic E-state index is 9.77. The lowest BCUT2D eigenvalue weighted by Gasteiger charge is -2.32. The van der Waals surface area contributed by atoms with Crippen LogP contribution in [0.2, 0.25) is 0 Å². The molecule has 1 aromatic rings. The molecule has 1 heterocycles. The average molecular weight is 196 g/mol. The van der Waals surface area contributed by atoms with Crippen LogP contribution >= 0.6 is 0 Å². The number of rotatable bonds is 1. The summed E-state index contributed by atoms with van der Waals surface area (Å²) in [6.07, 6.45) is 4.82. The second-order valence-electron chi connectivity index (χ2n) is 4.44. The third-order valence-electron chi connectivity index (χ3n) is 3.12. The van der Waals surface area contributed by atoms with Crippen LogP contribution in [0.3, 0.4) is 0 Å². The summed E-state index contributed by atoms with van der Waals surface area (Å²) in [7, 11) is 0. The first-order chi connectivity index (χ1) is 6.58. The molecule has 0 atom stereocenters. The highest BCUT2D eigenvalue weighted by Gasteiger charge is 2.31. The Morgan fingerprint density at radius 3 is 2.64 bits per heavy atom. The maximum atomic E-state index is 9.77. The summed E-state index contributed by atoms with van der Waals surface area (Å²) in [5.74, 6) is 0.564. The fourth-order valence-corrected chi connectivity index (χ4v) is 2.12. The molecule has 1 aliphatic rings. The quantitative estimate of drug-likeness (QED) is 0.638. The van der Waals surface area contributed by atoms with Gasteiger partial charge >= 0.3 is 0 Å². The van der Waals surface area contributed by atoms with E-state index >= 15 is 0 Å². The summed E-state index contributed by atoms with van der Waals surface area (Å²) in [5, 5.41) is 25.9. The van der Waals surface area contributed by atoms with Gasteiger partial charge in [-0.15, -0.1) is 0 Å². The first kappa shape index (κ1) is 9.52. The van der Waals surface area contributed by atoms with Crippen LogP contribution in [0, 0.1) is 0 Å². The van der Waals surface area contributed by atoms with Crippen molar-refractivity contribution in [1.82, 2.24) is 10.2 Å². The Morgan fingerprint density at radius 1 is 1.50 bits per heavy atom. The minimum absolute atomic E-state index is 0.247. The van der Waals surface area contributed by atoms with Gasteiger partial charge < -0.3 is 10.2 Å². The third-order valence-corrected chi connectivity index (χ3v) is 3.12.